The minimum atomic E-state index is -0.661. The molecule has 1 aromatic carbocycles. The Bertz CT molecular complexity index is 975. The molecule has 3 N–H and O–H groups in total. The van der Waals surface area contributed by atoms with Crippen molar-refractivity contribution < 1.29 is 28.7 Å². The van der Waals surface area contributed by atoms with Gasteiger partial charge in [-0.05, 0) is 66.2 Å². The first-order valence-electron chi connectivity index (χ1n) is 11.3. The van der Waals surface area contributed by atoms with Crippen LogP contribution in [0.15, 0.2) is 18.2 Å². The van der Waals surface area contributed by atoms with E-state index in [1.807, 2.05) is 0 Å². The fraction of sp³-hybridized carbons (Fsp3) is 0.542. The summed E-state index contributed by atoms with van der Waals surface area (Å²) in [5.41, 5.74) is -0.463. The Morgan fingerprint density at radius 1 is 0.853 bits per heavy atom. The van der Waals surface area contributed by atoms with Gasteiger partial charge in [0.05, 0.1) is 11.1 Å². The molecule has 0 fully saturated rings. The van der Waals surface area contributed by atoms with Crippen molar-refractivity contribution in [1.82, 2.24) is 20.9 Å². The highest BCUT2D eigenvalue weighted by atomic mass is 16.6. The van der Waals surface area contributed by atoms with Gasteiger partial charge >= 0.3 is 6.09 Å². The third kappa shape index (κ3) is 7.29. The zero-order chi connectivity index (χ0) is 25.7. The van der Waals surface area contributed by atoms with E-state index >= 15 is 0 Å². The second-order valence-corrected chi connectivity index (χ2v) is 10.0. The van der Waals surface area contributed by atoms with E-state index in [2.05, 4.69) is 16.0 Å². The Morgan fingerprint density at radius 2 is 1.47 bits per heavy atom. The van der Waals surface area contributed by atoms with Crippen molar-refractivity contribution in [2.75, 3.05) is 19.6 Å². The number of nitrogens with zero attached hydrogens (tertiary/aromatic N) is 1. The number of benzene rings is 1. The topological polar surface area (TPSA) is 134 Å². The van der Waals surface area contributed by atoms with Crippen molar-refractivity contribution >= 4 is 29.7 Å². The molecule has 1 heterocycles. The maximum absolute atomic E-state index is 12.7. The highest BCUT2D eigenvalue weighted by Gasteiger charge is 2.42. The molecule has 0 saturated carbocycles. The number of imide groups is 1. The van der Waals surface area contributed by atoms with Gasteiger partial charge in [0.1, 0.15) is 5.60 Å². The molecule has 10 heteroatoms. The molecule has 0 aliphatic carbocycles. The molecule has 0 saturated heterocycles. The van der Waals surface area contributed by atoms with E-state index in [1.165, 1.54) is 23.1 Å². The molecule has 10 nitrogen and oxygen atoms in total. The predicted octanol–water partition coefficient (Wildman–Crippen LogP) is 2.23. The van der Waals surface area contributed by atoms with Gasteiger partial charge in [0, 0.05) is 37.2 Å². The molecule has 34 heavy (non-hydrogen) atoms. The number of hydrogen-bond acceptors (Lipinski definition) is 6. The predicted molar refractivity (Wildman–Crippen MR) is 126 cm³/mol. The summed E-state index contributed by atoms with van der Waals surface area (Å²) in [5.74, 6) is -1.37. The first kappa shape index (κ1) is 26.8. The van der Waals surface area contributed by atoms with Gasteiger partial charge in [-0.3, -0.25) is 24.1 Å². The van der Waals surface area contributed by atoms with Gasteiger partial charge in [-0.15, -0.1) is 0 Å². The summed E-state index contributed by atoms with van der Waals surface area (Å²) in [6, 6.07) is 4.46. The lowest BCUT2D eigenvalue weighted by molar-refractivity contribution is -0.120. The summed E-state index contributed by atoms with van der Waals surface area (Å²) < 4.78 is 5.09. The minimum absolute atomic E-state index is 0.110. The zero-order valence-electron chi connectivity index (χ0n) is 20.7. The number of fused-ring (bicyclic) bond motifs is 1. The molecule has 0 unspecified atom stereocenters. The molecule has 0 spiro atoms. The Kier molecular flexibility index (Phi) is 8.41. The molecule has 0 atom stereocenters. The van der Waals surface area contributed by atoms with E-state index in [4.69, 9.17) is 4.74 Å². The van der Waals surface area contributed by atoms with Crippen molar-refractivity contribution in [2.24, 2.45) is 0 Å². The summed E-state index contributed by atoms with van der Waals surface area (Å²) in [6.07, 6.45) is 0.0302. The monoisotopic (exact) mass is 474 g/mol. The third-order valence-corrected chi connectivity index (χ3v) is 4.80. The van der Waals surface area contributed by atoms with Gasteiger partial charge in [0.15, 0.2) is 0 Å². The largest absolute Gasteiger partial charge is 0.444 e. The average molecular weight is 475 g/mol. The standard InChI is InChI=1S/C24H34N4O6/c1-23(2,3)28-20(31)16-9-8-15(14-17(16)21(28)32)19(30)26-12-7-11-25-18(29)10-13-27-22(33)34-24(4,5)6/h8-9,14H,7,10-13H2,1-6H3,(H,25,29)(H,26,30)(H,27,33). The second kappa shape index (κ2) is 10.7. The molecule has 0 bridgehead atoms. The third-order valence-electron chi connectivity index (χ3n) is 4.80. The van der Waals surface area contributed by atoms with Crippen molar-refractivity contribution in [3.8, 4) is 0 Å². The van der Waals surface area contributed by atoms with Gasteiger partial charge in [0.2, 0.25) is 5.91 Å². The summed E-state index contributed by atoms with van der Waals surface area (Å²) in [6.45, 7) is 11.4. The maximum atomic E-state index is 12.7. The summed E-state index contributed by atoms with van der Waals surface area (Å²) in [5, 5.41) is 7.96. The van der Waals surface area contributed by atoms with Crippen LogP contribution in [0.3, 0.4) is 0 Å². The second-order valence-electron chi connectivity index (χ2n) is 10.0. The van der Waals surface area contributed by atoms with Crippen LogP contribution >= 0.6 is 0 Å². The number of carbonyl (C=O) groups is 5. The van der Waals surface area contributed by atoms with E-state index in [0.717, 1.165) is 0 Å². The summed E-state index contributed by atoms with van der Waals surface area (Å²) >= 11 is 0. The average Bonchev–Trinajstić information content (AvgIpc) is 2.96. The van der Waals surface area contributed by atoms with Crippen LogP contribution < -0.4 is 16.0 Å². The van der Waals surface area contributed by atoms with Crippen LogP contribution in [0.5, 0.6) is 0 Å². The van der Waals surface area contributed by atoms with Gasteiger partial charge in [-0.1, -0.05) is 0 Å². The van der Waals surface area contributed by atoms with E-state index < -0.39 is 23.1 Å². The van der Waals surface area contributed by atoms with Crippen molar-refractivity contribution in [3.05, 3.63) is 34.9 Å². The van der Waals surface area contributed by atoms with E-state index in [-0.39, 0.29) is 41.8 Å². The summed E-state index contributed by atoms with van der Waals surface area (Å²) in [4.78, 5) is 62.2. The molecule has 1 aliphatic rings. The fourth-order valence-corrected chi connectivity index (χ4v) is 3.29. The number of hydrogen-bond donors (Lipinski definition) is 3. The van der Waals surface area contributed by atoms with Crippen LogP contribution in [0.2, 0.25) is 0 Å². The lowest BCUT2D eigenvalue weighted by atomic mass is 10.1. The lowest BCUT2D eigenvalue weighted by Crippen LogP contribution is -2.45. The molecule has 1 aliphatic heterocycles. The first-order chi connectivity index (χ1) is 15.7. The van der Waals surface area contributed by atoms with Crippen molar-refractivity contribution in [2.45, 2.75) is 65.5 Å². The van der Waals surface area contributed by atoms with Gasteiger partial charge in [0.25, 0.3) is 17.7 Å². The van der Waals surface area contributed by atoms with Crippen LogP contribution in [0.4, 0.5) is 4.79 Å². The molecule has 2 rings (SSSR count). The molecular weight excluding hydrogens is 440 g/mol. The van der Waals surface area contributed by atoms with E-state index in [1.54, 1.807) is 41.5 Å². The molecule has 186 valence electrons. The smallest absolute Gasteiger partial charge is 0.407 e. The normalized spacial score (nSPS) is 13.4. The SMILES string of the molecule is CC(C)(C)OC(=O)NCCC(=O)NCCCNC(=O)c1ccc2c(c1)C(=O)N(C(C)(C)C)C2=O. The highest BCUT2D eigenvalue weighted by molar-refractivity contribution is 6.22. The van der Waals surface area contributed by atoms with Crippen molar-refractivity contribution in [3.63, 3.8) is 0 Å². The first-order valence-corrected chi connectivity index (χ1v) is 11.3. The van der Waals surface area contributed by atoms with E-state index in [0.29, 0.717) is 25.1 Å². The Hall–Kier alpha value is -3.43. The Morgan fingerprint density at radius 3 is 2.09 bits per heavy atom. The molecular formula is C24H34N4O6. The summed E-state index contributed by atoms with van der Waals surface area (Å²) in [7, 11) is 0. The number of ether oxygens (including phenoxy) is 1. The highest BCUT2D eigenvalue weighted by Crippen LogP contribution is 2.29. The van der Waals surface area contributed by atoms with Crippen LogP contribution in [-0.2, 0) is 9.53 Å². The molecule has 5 amide bonds. The lowest BCUT2D eigenvalue weighted by Gasteiger charge is -2.29. The van der Waals surface area contributed by atoms with Crippen LogP contribution in [-0.4, -0.2) is 65.4 Å². The van der Waals surface area contributed by atoms with E-state index in [9.17, 15) is 24.0 Å². The maximum Gasteiger partial charge on any atom is 0.407 e. The molecule has 1 aromatic rings. The minimum Gasteiger partial charge on any atom is -0.444 e. The number of carbonyl (C=O) groups excluding carboxylic acids is 5. The zero-order valence-corrected chi connectivity index (χ0v) is 20.7. The number of alkyl carbamates (subject to hydrolysis) is 1. The van der Waals surface area contributed by atoms with Crippen LogP contribution in [0, 0.1) is 0 Å². The fourth-order valence-electron chi connectivity index (χ4n) is 3.29. The Balaban J connectivity index is 1.72. The quantitative estimate of drug-likeness (QED) is 0.391. The number of nitrogens with one attached hydrogen (secondary N) is 3. The van der Waals surface area contributed by atoms with Crippen molar-refractivity contribution in [1.29, 1.82) is 0 Å². The van der Waals surface area contributed by atoms with Gasteiger partial charge < -0.3 is 20.7 Å². The molecule has 0 aromatic heterocycles. The van der Waals surface area contributed by atoms with Crippen LogP contribution in [0.25, 0.3) is 0 Å². The van der Waals surface area contributed by atoms with Gasteiger partial charge in [-0.25, -0.2) is 4.79 Å². The Labute approximate surface area is 199 Å². The molecule has 0 radical (unpaired) electrons. The number of amides is 5. The van der Waals surface area contributed by atoms with Gasteiger partial charge in [-0.2, -0.15) is 0 Å². The van der Waals surface area contributed by atoms with Crippen LogP contribution in [0.1, 0.15) is 85.5 Å². The number of rotatable bonds is 8.